The summed E-state index contributed by atoms with van der Waals surface area (Å²) in [6.07, 6.45) is 5.21. The van der Waals surface area contributed by atoms with Crippen LogP contribution in [0.4, 0.5) is 18.9 Å². The Morgan fingerprint density at radius 1 is 1.06 bits per heavy atom. The Kier molecular flexibility index (Phi) is 7.41. The third-order valence-corrected chi connectivity index (χ3v) is 6.00. The molecule has 0 amide bonds. The van der Waals surface area contributed by atoms with Crippen LogP contribution in [0.3, 0.4) is 0 Å². The summed E-state index contributed by atoms with van der Waals surface area (Å²) < 4.78 is 76.3. The minimum absolute atomic E-state index is 0.260. The molecule has 0 atom stereocenters. The molecule has 1 aliphatic rings. The Bertz CT molecular complexity index is 1110. The number of allylic oxidation sites excluding steroid dienone is 2. The summed E-state index contributed by atoms with van der Waals surface area (Å²) in [5.41, 5.74) is -6.24. The van der Waals surface area contributed by atoms with Crippen molar-refractivity contribution >= 4 is 50.3 Å². The first-order valence-electron chi connectivity index (χ1n) is 8.20. The van der Waals surface area contributed by atoms with E-state index in [2.05, 4.69) is 8.92 Å². The first-order valence-corrected chi connectivity index (χ1v) is 10.7. The number of carbonyl (C=O) groups excluding carboxylic acids is 2. The number of benzene rings is 1. The van der Waals surface area contributed by atoms with Crippen molar-refractivity contribution < 1.29 is 44.8 Å². The molecule has 0 aliphatic carbocycles. The fourth-order valence-electron chi connectivity index (χ4n) is 2.42. The number of hydrogen-bond acceptors (Lipinski definition) is 8. The molecule has 8 nitrogen and oxygen atoms in total. The number of alkyl halides is 3. The zero-order valence-electron chi connectivity index (χ0n) is 16.2. The van der Waals surface area contributed by atoms with E-state index in [-0.39, 0.29) is 11.3 Å². The van der Waals surface area contributed by atoms with Crippen molar-refractivity contribution in [3.8, 4) is 5.75 Å². The van der Waals surface area contributed by atoms with E-state index >= 15 is 0 Å². The average molecular weight is 573 g/mol. The van der Waals surface area contributed by atoms with E-state index in [1.807, 2.05) is 22.6 Å². The van der Waals surface area contributed by atoms with Crippen LogP contribution in [-0.2, 0) is 29.2 Å². The Labute approximate surface area is 189 Å². The molecule has 31 heavy (non-hydrogen) atoms. The molecule has 0 unspecified atom stereocenters. The number of carbonyl (C=O) groups is 2. The standard InChI is InChI=1S/C18H15F3INO7S/c1-10-8-14(30-31(26,27)18(19,20)21)13(9-12(10)22)23-7-5-4-6-11(16(24)28-2)15(23)17(25)29-3/h4-9H,1-3H3. The van der Waals surface area contributed by atoms with Gasteiger partial charge in [-0.1, -0.05) is 6.08 Å². The number of methoxy groups -OCH3 is 2. The zero-order chi connectivity index (χ0) is 23.6. The van der Waals surface area contributed by atoms with E-state index in [0.29, 0.717) is 9.13 Å². The van der Waals surface area contributed by atoms with Crippen molar-refractivity contribution in [2.45, 2.75) is 12.4 Å². The Balaban J connectivity index is 2.82. The molecule has 0 N–H and O–H groups in total. The molecule has 0 saturated carbocycles. The molecule has 0 aromatic heterocycles. The summed E-state index contributed by atoms with van der Waals surface area (Å²) in [6.45, 7) is 1.52. The van der Waals surface area contributed by atoms with Gasteiger partial charge in [0, 0.05) is 9.77 Å². The lowest BCUT2D eigenvalue weighted by atomic mass is 10.1. The fourth-order valence-corrected chi connectivity index (χ4v) is 3.33. The predicted molar refractivity (Wildman–Crippen MR) is 111 cm³/mol. The molecule has 1 heterocycles. The van der Waals surface area contributed by atoms with E-state index < -0.39 is 39.0 Å². The molecule has 2 rings (SSSR count). The minimum atomic E-state index is -6.02. The van der Waals surface area contributed by atoms with Gasteiger partial charge in [0.05, 0.1) is 25.5 Å². The highest BCUT2D eigenvalue weighted by atomic mass is 127. The maximum Gasteiger partial charge on any atom is 0.534 e. The predicted octanol–water partition coefficient (Wildman–Crippen LogP) is 3.32. The minimum Gasteiger partial charge on any atom is -0.465 e. The van der Waals surface area contributed by atoms with Crippen LogP contribution in [0.2, 0.25) is 0 Å². The normalized spacial score (nSPS) is 14.4. The number of hydrogen-bond donors (Lipinski definition) is 0. The van der Waals surface area contributed by atoms with E-state index in [4.69, 9.17) is 4.74 Å². The van der Waals surface area contributed by atoms with Crippen LogP contribution in [0.15, 0.2) is 47.8 Å². The molecule has 168 valence electrons. The van der Waals surface area contributed by atoms with Crippen LogP contribution in [0.5, 0.6) is 5.75 Å². The quantitative estimate of drug-likeness (QED) is 0.229. The van der Waals surface area contributed by atoms with E-state index in [1.165, 1.54) is 37.4 Å². The average Bonchev–Trinajstić information content (AvgIpc) is 2.91. The lowest BCUT2D eigenvalue weighted by Crippen LogP contribution is -2.30. The summed E-state index contributed by atoms with van der Waals surface area (Å²) in [5, 5.41) is 0. The number of ether oxygens (including phenoxy) is 2. The summed E-state index contributed by atoms with van der Waals surface area (Å²) in [7, 11) is -3.92. The number of esters is 2. The van der Waals surface area contributed by atoms with Gasteiger partial charge in [-0.2, -0.15) is 21.6 Å². The molecule has 1 aliphatic heterocycles. The highest BCUT2D eigenvalue weighted by Crippen LogP contribution is 2.39. The van der Waals surface area contributed by atoms with Crippen LogP contribution in [0, 0.1) is 10.5 Å². The van der Waals surface area contributed by atoms with Crippen LogP contribution in [0.1, 0.15) is 5.56 Å². The summed E-state index contributed by atoms with van der Waals surface area (Å²) >= 11 is 1.87. The van der Waals surface area contributed by atoms with Crippen molar-refractivity contribution in [3.63, 3.8) is 0 Å². The largest absolute Gasteiger partial charge is 0.534 e. The molecule has 0 bridgehead atoms. The van der Waals surface area contributed by atoms with Gasteiger partial charge < -0.3 is 18.6 Å². The lowest BCUT2D eigenvalue weighted by Gasteiger charge is -2.25. The summed E-state index contributed by atoms with van der Waals surface area (Å²) in [5.74, 6) is -2.68. The Hall–Kier alpha value is -2.55. The molecular weight excluding hydrogens is 558 g/mol. The van der Waals surface area contributed by atoms with Crippen LogP contribution in [0.25, 0.3) is 0 Å². The number of rotatable bonds is 5. The number of aryl methyl sites for hydroxylation is 1. The maximum absolute atomic E-state index is 12.9. The number of nitrogens with zero attached hydrogens (tertiary/aromatic N) is 1. The second-order valence-electron chi connectivity index (χ2n) is 5.87. The lowest BCUT2D eigenvalue weighted by molar-refractivity contribution is -0.139. The molecule has 1 aromatic carbocycles. The van der Waals surface area contributed by atoms with Gasteiger partial charge in [-0.15, -0.1) is 0 Å². The van der Waals surface area contributed by atoms with Crippen molar-refractivity contribution in [1.29, 1.82) is 0 Å². The molecule has 1 aromatic rings. The Morgan fingerprint density at radius 2 is 1.68 bits per heavy atom. The Morgan fingerprint density at radius 3 is 2.23 bits per heavy atom. The van der Waals surface area contributed by atoms with Gasteiger partial charge in [0.25, 0.3) is 0 Å². The third-order valence-electron chi connectivity index (χ3n) is 3.87. The van der Waals surface area contributed by atoms with Crippen LogP contribution < -0.4 is 9.08 Å². The van der Waals surface area contributed by atoms with E-state index in [1.54, 1.807) is 0 Å². The first kappa shape index (κ1) is 24.7. The van der Waals surface area contributed by atoms with Crippen molar-refractivity contribution in [2.75, 3.05) is 19.1 Å². The van der Waals surface area contributed by atoms with Gasteiger partial charge >= 0.3 is 27.6 Å². The van der Waals surface area contributed by atoms with E-state index in [0.717, 1.165) is 25.2 Å². The van der Waals surface area contributed by atoms with Crippen LogP contribution >= 0.6 is 22.6 Å². The number of anilines is 1. The van der Waals surface area contributed by atoms with Gasteiger partial charge in [0.1, 0.15) is 5.70 Å². The third kappa shape index (κ3) is 5.20. The molecule has 13 heteroatoms. The molecule has 0 fully saturated rings. The molecule has 0 radical (unpaired) electrons. The molecule has 0 spiro atoms. The summed E-state index contributed by atoms with van der Waals surface area (Å²) in [6, 6.07) is 2.36. The first-order chi connectivity index (χ1) is 14.3. The van der Waals surface area contributed by atoms with Crippen molar-refractivity contribution in [1.82, 2.24) is 0 Å². The zero-order valence-corrected chi connectivity index (χ0v) is 19.2. The van der Waals surface area contributed by atoms with Gasteiger partial charge in [-0.3, -0.25) is 0 Å². The van der Waals surface area contributed by atoms with Gasteiger partial charge in [0.2, 0.25) is 0 Å². The second kappa shape index (κ2) is 9.30. The SMILES string of the molecule is COC(=O)C1=C(C(=O)OC)N(c2cc(I)c(C)cc2OS(=O)(=O)C(F)(F)F)C=CC=C1. The van der Waals surface area contributed by atoms with Crippen molar-refractivity contribution in [3.05, 3.63) is 57.0 Å². The smallest absolute Gasteiger partial charge is 0.465 e. The highest BCUT2D eigenvalue weighted by molar-refractivity contribution is 14.1. The maximum atomic E-state index is 12.9. The fraction of sp³-hybridized carbons (Fsp3) is 0.222. The van der Waals surface area contributed by atoms with Crippen molar-refractivity contribution in [2.24, 2.45) is 0 Å². The molecular formula is C18H15F3INO7S. The van der Waals surface area contributed by atoms with Gasteiger partial charge in [0.15, 0.2) is 5.75 Å². The highest BCUT2D eigenvalue weighted by Gasteiger charge is 2.49. The topological polar surface area (TPSA) is 99.2 Å². The van der Waals surface area contributed by atoms with Gasteiger partial charge in [-0.25, -0.2) is 9.59 Å². The van der Waals surface area contributed by atoms with Gasteiger partial charge in [-0.05, 0) is 59.4 Å². The van der Waals surface area contributed by atoms with Crippen LogP contribution in [-0.4, -0.2) is 40.1 Å². The molecule has 0 saturated heterocycles. The van der Waals surface area contributed by atoms with E-state index in [9.17, 15) is 31.2 Å². The number of halogens is 4. The second-order valence-corrected chi connectivity index (χ2v) is 8.57. The monoisotopic (exact) mass is 573 g/mol. The summed E-state index contributed by atoms with van der Waals surface area (Å²) in [4.78, 5) is 25.7.